The number of rotatable bonds is 6. The zero-order valence-corrected chi connectivity index (χ0v) is 11.7. The summed E-state index contributed by atoms with van der Waals surface area (Å²) in [4.78, 5) is 16.4. The Morgan fingerprint density at radius 1 is 1.39 bits per heavy atom. The standard InChI is InChI=1S/C14H23N3O/c1-5-7-10(3)17-14(18)12-8-11(4)16-13(9-12)15-6-2/h8-10H,5-7H2,1-4H3,(H,15,16)(H,17,18). The van der Waals surface area contributed by atoms with Crippen molar-refractivity contribution in [3.8, 4) is 0 Å². The van der Waals surface area contributed by atoms with Gasteiger partial charge in [-0.3, -0.25) is 4.79 Å². The molecule has 4 nitrogen and oxygen atoms in total. The van der Waals surface area contributed by atoms with E-state index in [4.69, 9.17) is 0 Å². The van der Waals surface area contributed by atoms with Crippen LogP contribution in [0.4, 0.5) is 5.82 Å². The molecule has 1 unspecified atom stereocenters. The lowest BCUT2D eigenvalue weighted by Crippen LogP contribution is -2.32. The van der Waals surface area contributed by atoms with Gasteiger partial charge in [0.15, 0.2) is 0 Å². The predicted molar refractivity (Wildman–Crippen MR) is 75.0 cm³/mol. The van der Waals surface area contributed by atoms with Gasteiger partial charge >= 0.3 is 0 Å². The average molecular weight is 249 g/mol. The molecule has 0 aromatic carbocycles. The maximum Gasteiger partial charge on any atom is 0.251 e. The fraction of sp³-hybridized carbons (Fsp3) is 0.571. The van der Waals surface area contributed by atoms with E-state index in [0.717, 1.165) is 30.9 Å². The number of carbonyl (C=O) groups is 1. The van der Waals surface area contributed by atoms with Crippen LogP contribution in [-0.2, 0) is 0 Å². The molecule has 0 fully saturated rings. The molecule has 0 radical (unpaired) electrons. The molecule has 1 atom stereocenters. The van der Waals surface area contributed by atoms with Gasteiger partial charge in [-0.15, -0.1) is 0 Å². The van der Waals surface area contributed by atoms with Gasteiger partial charge in [0.25, 0.3) is 5.91 Å². The van der Waals surface area contributed by atoms with Crippen molar-refractivity contribution in [2.45, 2.75) is 46.6 Å². The summed E-state index contributed by atoms with van der Waals surface area (Å²) < 4.78 is 0. The van der Waals surface area contributed by atoms with E-state index in [1.54, 1.807) is 6.07 Å². The van der Waals surface area contributed by atoms with Crippen LogP contribution >= 0.6 is 0 Å². The molecule has 1 heterocycles. The van der Waals surface area contributed by atoms with Crippen molar-refractivity contribution in [3.63, 3.8) is 0 Å². The first-order chi connectivity index (χ1) is 8.56. The molecule has 0 spiro atoms. The lowest BCUT2D eigenvalue weighted by Gasteiger charge is -2.13. The van der Waals surface area contributed by atoms with Gasteiger partial charge in [-0.2, -0.15) is 0 Å². The first-order valence-corrected chi connectivity index (χ1v) is 6.60. The first-order valence-electron chi connectivity index (χ1n) is 6.60. The van der Waals surface area contributed by atoms with Crippen molar-refractivity contribution in [1.82, 2.24) is 10.3 Å². The number of hydrogen-bond acceptors (Lipinski definition) is 3. The summed E-state index contributed by atoms with van der Waals surface area (Å²) in [5.41, 5.74) is 1.52. The Morgan fingerprint density at radius 2 is 2.11 bits per heavy atom. The van der Waals surface area contributed by atoms with Gasteiger partial charge in [-0.1, -0.05) is 13.3 Å². The number of amides is 1. The SMILES string of the molecule is CCCC(C)NC(=O)c1cc(C)nc(NCC)c1. The smallest absolute Gasteiger partial charge is 0.251 e. The van der Waals surface area contributed by atoms with Crippen LogP contribution in [0.25, 0.3) is 0 Å². The topological polar surface area (TPSA) is 54.0 Å². The number of carbonyl (C=O) groups excluding carboxylic acids is 1. The number of hydrogen-bond donors (Lipinski definition) is 2. The molecule has 1 aromatic heterocycles. The molecule has 0 saturated heterocycles. The van der Waals surface area contributed by atoms with Crippen molar-refractivity contribution in [1.29, 1.82) is 0 Å². The molecular formula is C14H23N3O. The summed E-state index contributed by atoms with van der Waals surface area (Å²) in [5.74, 6) is 0.728. The van der Waals surface area contributed by atoms with Crippen molar-refractivity contribution in [2.24, 2.45) is 0 Å². The zero-order valence-electron chi connectivity index (χ0n) is 11.7. The molecule has 4 heteroatoms. The average Bonchev–Trinajstić information content (AvgIpc) is 2.28. The van der Waals surface area contributed by atoms with Gasteiger partial charge in [0.05, 0.1) is 0 Å². The third-order valence-electron chi connectivity index (χ3n) is 2.67. The van der Waals surface area contributed by atoms with Gasteiger partial charge in [-0.05, 0) is 39.3 Å². The van der Waals surface area contributed by atoms with E-state index >= 15 is 0 Å². The Morgan fingerprint density at radius 3 is 2.72 bits per heavy atom. The number of nitrogens with one attached hydrogen (secondary N) is 2. The highest BCUT2D eigenvalue weighted by Crippen LogP contribution is 2.10. The fourth-order valence-electron chi connectivity index (χ4n) is 1.88. The molecule has 100 valence electrons. The van der Waals surface area contributed by atoms with Crippen LogP contribution in [0.5, 0.6) is 0 Å². The van der Waals surface area contributed by atoms with E-state index < -0.39 is 0 Å². The van der Waals surface area contributed by atoms with Crippen LogP contribution in [-0.4, -0.2) is 23.5 Å². The Bertz CT molecular complexity index is 404. The van der Waals surface area contributed by atoms with Crippen LogP contribution in [0.2, 0.25) is 0 Å². The molecule has 1 rings (SSSR count). The summed E-state index contributed by atoms with van der Waals surface area (Å²) in [6, 6.07) is 3.82. The van der Waals surface area contributed by atoms with Gasteiger partial charge in [0.1, 0.15) is 5.82 Å². The molecule has 2 N–H and O–H groups in total. The van der Waals surface area contributed by atoms with E-state index in [2.05, 4.69) is 22.5 Å². The maximum absolute atomic E-state index is 12.1. The van der Waals surface area contributed by atoms with Gasteiger partial charge < -0.3 is 10.6 Å². The minimum atomic E-state index is -0.0272. The molecule has 0 aliphatic carbocycles. The van der Waals surface area contributed by atoms with E-state index in [1.165, 1.54) is 0 Å². The van der Waals surface area contributed by atoms with Crippen molar-refractivity contribution >= 4 is 11.7 Å². The normalized spacial score (nSPS) is 12.0. The van der Waals surface area contributed by atoms with Crippen LogP contribution in [0.1, 0.15) is 49.7 Å². The van der Waals surface area contributed by atoms with Gasteiger partial charge in [0, 0.05) is 23.8 Å². The highest BCUT2D eigenvalue weighted by Gasteiger charge is 2.11. The van der Waals surface area contributed by atoms with E-state index in [0.29, 0.717) is 5.56 Å². The Kier molecular flexibility index (Phi) is 5.62. The first kappa shape index (κ1) is 14.5. The largest absolute Gasteiger partial charge is 0.370 e. The lowest BCUT2D eigenvalue weighted by molar-refractivity contribution is 0.0938. The summed E-state index contributed by atoms with van der Waals surface area (Å²) in [7, 11) is 0. The molecule has 1 aromatic rings. The Hall–Kier alpha value is -1.58. The number of aromatic nitrogens is 1. The van der Waals surface area contributed by atoms with Gasteiger partial charge in [-0.25, -0.2) is 4.98 Å². The highest BCUT2D eigenvalue weighted by molar-refractivity contribution is 5.95. The van der Waals surface area contributed by atoms with E-state index in [9.17, 15) is 4.79 Å². The van der Waals surface area contributed by atoms with Crippen LogP contribution in [0.15, 0.2) is 12.1 Å². The van der Waals surface area contributed by atoms with Crippen molar-refractivity contribution in [2.75, 3.05) is 11.9 Å². The summed E-state index contributed by atoms with van der Waals surface area (Å²) in [6.07, 6.45) is 2.06. The monoisotopic (exact) mass is 249 g/mol. The van der Waals surface area contributed by atoms with E-state index in [1.807, 2.05) is 26.8 Å². The second kappa shape index (κ2) is 6.99. The lowest BCUT2D eigenvalue weighted by atomic mass is 10.1. The van der Waals surface area contributed by atoms with Crippen molar-refractivity contribution < 1.29 is 4.79 Å². The van der Waals surface area contributed by atoms with Crippen LogP contribution in [0, 0.1) is 6.92 Å². The van der Waals surface area contributed by atoms with Crippen LogP contribution < -0.4 is 10.6 Å². The number of aryl methyl sites for hydroxylation is 1. The predicted octanol–water partition coefficient (Wildman–Crippen LogP) is 2.74. The maximum atomic E-state index is 12.1. The van der Waals surface area contributed by atoms with Crippen molar-refractivity contribution in [3.05, 3.63) is 23.4 Å². The van der Waals surface area contributed by atoms with Crippen LogP contribution in [0.3, 0.4) is 0 Å². The van der Waals surface area contributed by atoms with E-state index in [-0.39, 0.29) is 11.9 Å². The zero-order chi connectivity index (χ0) is 13.5. The number of pyridine rings is 1. The van der Waals surface area contributed by atoms with Gasteiger partial charge in [0.2, 0.25) is 0 Å². The number of anilines is 1. The third-order valence-corrected chi connectivity index (χ3v) is 2.67. The second-order valence-electron chi connectivity index (χ2n) is 4.58. The summed E-state index contributed by atoms with van der Waals surface area (Å²) >= 11 is 0. The molecule has 1 amide bonds. The fourth-order valence-corrected chi connectivity index (χ4v) is 1.88. The second-order valence-corrected chi connectivity index (χ2v) is 4.58. The Labute approximate surface area is 109 Å². The summed E-state index contributed by atoms with van der Waals surface area (Å²) in [5, 5.41) is 6.13. The molecule has 0 aliphatic heterocycles. The quantitative estimate of drug-likeness (QED) is 0.815. The highest BCUT2D eigenvalue weighted by atomic mass is 16.1. The minimum Gasteiger partial charge on any atom is -0.370 e. The molecular weight excluding hydrogens is 226 g/mol. The minimum absolute atomic E-state index is 0.0272. The molecule has 0 saturated carbocycles. The Balaban J connectivity index is 2.78. The molecule has 0 bridgehead atoms. The number of nitrogens with zero attached hydrogens (tertiary/aromatic N) is 1. The third kappa shape index (κ3) is 4.35. The summed E-state index contributed by atoms with van der Waals surface area (Å²) in [6.45, 7) is 8.84. The molecule has 0 aliphatic rings. The molecule has 18 heavy (non-hydrogen) atoms.